The number of benzene rings is 1. The van der Waals surface area contributed by atoms with Crippen LogP contribution in [0.25, 0.3) is 0 Å². The van der Waals surface area contributed by atoms with Gasteiger partial charge in [-0.15, -0.1) is 0 Å². The molecule has 8 nitrogen and oxygen atoms in total. The predicted molar refractivity (Wildman–Crippen MR) is 136 cm³/mol. The molecule has 2 N–H and O–H groups in total. The van der Waals surface area contributed by atoms with Gasteiger partial charge in [-0.25, -0.2) is 9.97 Å². The summed E-state index contributed by atoms with van der Waals surface area (Å²) in [7, 11) is 0. The molecular weight excluding hydrogens is 478 g/mol. The lowest BCUT2D eigenvalue weighted by atomic mass is 9.49. The first-order valence-electron chi connectivity index (χ1n) is 12.4. The number of hydrogen-bond donors (Lipinski definition) is 2. The largest absolute Gasteiger partial charge is 0.489 e. The number of hydrogen-bond acceptors (Lipinski definition) is 7. The highest BCUT2D eigenvalue weighted by Gasteiger charge is 2.64. The number of anilines is 1. The van der Waals surface area contributed by atoms with E-state index >= 15 is 0 Å². The van der Waals surface area contributed by atoms with Gasteiger partial charge in [0.25, 0.3) is 5.91 Å². The number of aromatic nitrogens is 2. The highest BCUT2D eigenvalue weighted by molar-refractivity contribution is 6.31. The fourth-order valence-corrected chi connectivity index (χ4v) is 7.14. The lowest BCUT2D eigenvalue weighted by Crippen LogP contribution is -2.74. The van der Waals surface area contributed by atoms with Crippen LogP contribution >= 0.6 is 11.6 Å². The second-order valence-corrected chi connectivity index (χ2v) is 12.0. The van der Waals surface area contributed by atoms with E-state index in [1.807, 2.05) is 0 Å². The molecule has 1 saturated heterocycles. The van der Waals surface area contributed by atoms with Crippen molar-refractivity contribution in [2.45, 2.75) is 58.7 Å². The molecule has 1 aliphatic heterocycles. The van der Waals surface area contributed by atoms with Crippen LogP contribution in [-0.2, 0) is 0 Å². The van der Waals surface area contributed by atoms with Crippen LogP contribution in [0.1, 0.15) is 56.5 Å². The van der Waals surface area contributed by atoms with Crippen LogP contribution in [0.4, 0.5) is 5.95 Å². The summed E-state index contributed by atoms with van der Waals surface area (Å²) in [6, 6.07) is 7.34. The Morgan fingerprint density at radius 2 is 1.94 bits per heavy atom. The molecule has 3 atom stereocenters. The second-order valence-electron chi connectivity index (χ2n) is 11.6. The molecule has 190 valence electrons. The van der Waals surface area contributed by atoms with Crippen LogP contribution in [0, 0.1) is 34.0 Å². The minimum atomic E-state index is -0.349. The van der Waals surface area contributed by atoms with Crippen LogP contribution in [0.5, 0.6) is 5.75 Å². The molecule has 5 rings (SSSR count). The van der Waals surface area contributed by atoms with E-state index in [9.17, 15) is 9.90 Å². The summed E-state index contributed by atoms with van der Waals surface area (Å²) in [5.41, 5.74) is 0.129. The van der Waals surface area contributed by atoms with E-state index in [4.69, 9.17) is 21.6 Å². The molecule has 1 unspecified atom stereocenters. The molecule has 3 aliphatic rings. The summed E-state index contributed by atoms with van der Waals surface area (Å²) in [5.74, 6) is 1.90. The zero-order valence-electron chi connectivity index (χ0n) is 21.0. The Balaban J connectivity index is 1.24. The maximum Gasteiger partial charge on any atom is 0.254 e. The molecule has 2 aliphatic carbocycles. The summed E-state index contributed by atoms with van der Waals surface area (Å²) in [6.07, 6.45) is 5.06. The van der Waals surface area contributed by atoms with Crippen LogP contribution in [-0.4, -0.2) is 52.3 Å². The normalized spacial score (nSPS) is 29.4. The number of nitrogens with one attached hydrogen (secondary N) is 1. The Kier molecular flexibility index (Phi) is 6.12. The Morgan fingerprint density at radius 3 is 2.50 bits per heavy atom. The fourth-order valence-electron chi connectivity index (χ4n) is 6.93. The summed E-state index contributed by atoms with van der Waals surface area (Å²) in [5, 5.41) is 22.2. The predicted octanol–water partition coefficient (Wildman–Crippen LogP) is 3.82. The third-order valence-electron chi connectivity index (χ3n) is 8.51. The number of carbonyl (C=O) groups is 1. The number of halogens is 1. The van der Waals surface area contributed by atoms with Crippen LogP contribution in [0.2, 0.25) is 5.02 Å². The van der Waals surface area contributed by atoms with Crippen molar-refractivity contribution in [3.8, 4) is 11.8 Å². The molecule has 9 heteroatoms. The maximum absolute atomic E-state index is 13.1. The molecule has 3 fully saturated rings. The number of fused-ring (bicyclic) bond motifs is 2. The molecular formula is C27H32ClN5O3. The minimum absolute atomic E-state index is 0.138. The van der Waals surface area contributed by atoms with Gasteiger partial charge in [0, 0.05) is 54.5 Å². The Hall–Kier alpha value is -2.89. The van der Waals surface area contributed by atoms with Gasteiger partial charge in [-0.3, -0.25) is 4.79 Å². The number of aliphatic hydroxyl groups is 1. The number of rotatable bonds is 6. The number of ether oxygens (including phenoxy) is 1. The van der Waals surface area contributed by atoms with Crippen LogP contribution in [0.15, 0.2) is 30.6 Å². The van der Waals surface area contributed by atoms with Crippen molar-refractivity contribution in [3.63, 3.8) is 0 Å². The number of piperidine rings is 1. The van der Waals surface area contributed by atoms with Crippen LogP contribution < -0.4 is 15.0 Å². The van der Waals surface area contributed by atoms with Crippen molar-refractivity contribution >= 4 is 23.5 Å². The molecule has 2 bridgehead atoms. The first kappa shape index (κ1) is 24.8. The van der Waals surface area contributed by atoms with Crippen molar-refractivity contribution < 1.29 is 14.6 Å². The SMILES string of the molecule is CC1(C)C(NC(=O)c2cnc(N3C[C@H]4C[C@@H]3CC4CO)nc2)C(C)(C)C1Oc1ccc(C#N)c(Cl)c1. The molecule has 1 aromatic heterocycles. The molecule has 1 aromatic carbocycles. The highest BCUT2D eigenvalue weighted by atomic mass is 35.5. The zero-order chi connectivity index (χ0) is 25.8. The number of nitriles is 1. The van der Waals surface area contributed by atoms with Gasteiger partial charge in [0.1, 0.15) is 17.9 Å². The van der Waals surface area contributed by atoms with E-state index in [0.717, 1.165) is 19.4 Å². The number of aliphatic hydroxyl groups excluding tert-OH is 1. The van der Waals surface area contributed by atoms with E-state index in [-0.39, 0.29) is 35.5 Å². The minimum Gasteiger partial charge on any atom is -0.489 e. The maximum atomic E-state index is 13.1. The van der Waals surface area contributed by atoms with E-state index in [2.05, 4.69) is 53.9 Å². The summed E-state index contributed by atoms with van der Waals surface area (Å²) in [4.78, 5) is 24.3. The Morgan fingerprint density at radius 1 is 1.25 bits per heavy atom. The summed E-state index contributed by atoms with van der Waals surface area (Å²) >= 11 is 6.18. The fraction of sp³-hybridized carbons (Fsp3) is 0.556. The van der Waals surface area contributed by atoms with E-state index < -0.39 is 0 Å². The van der Waals surface area contributed by atoms with Crippen molar-refractivity contribution in [3.05, 3.63) is 46.7 Å². The third kappa shape index (κ3) is 3.99. The number of nitrogens with zero attached hydrogens (tertiary/aromatic N) is 4. The third-order valence-corrected chi connectivity index (χ3v) is 8.82. The van der Waals surface area contributed by atoms with Gasteiger partial charge in [0.2, 0.25) is 5.95 Å². The summed E-state index contributed by atoms with van der Waals surface area (Å²) in [6.45, 7) is 9.39. The van der Waals surface area contributed by atoms with Gasteiger partial charge in [0.15, 0.2) is 0 Å². The molecule has 2 heterocycles. The summed E-state index contributed by atoms with van der Waals surface area (Å²) < 4.78 is 6.30. The van der Waals surface area contributed by atoms with Crippen molar-refractivity contribution in [1.29, 1.82) is 5.26 Å². The van der Waals surface area contributed by atoms with Gasteiger partial charge in [0.05, 0.1) is 16.1 Å². The quantitative estimate of drug-likeness (QED) is 0.608. The average molecular weight is 510 g/mol. The Bertz CT molecular complexity index is 1190. The van der Waals surface area contributed by atoms with Gasteiger partial charge in [-0.1, -0.05) is 39.3 Å². The van der Waals surface area contributed by atoms with Crippen LogP contribution in [0.3, 0.4) is 0 Å². The van der Waals surface area contributed by atoms with Gasteiger partial charge >= 0.3 is 0 Å². The molecule has 0 spiro atoms. The van der Waals surface area contributed by atoms with Gasteiger partial charge < -0.3 is 20.1 Å². The molecule has 2 saturated carbocycles. The number of carbonyl (C=O) groups excluding carboxylic acids is 1. The molecule has 36 heavy (non-hydrogen) atoms. The highest BCUT2D eigenvalue weighted by Crippen LogP contribution is 2.55. The standard InChI is InChI=1S/C27H32ClN5O3/c1-26(2)23(27(3,4)24(26)36-20-6-5-15(10-29)21(28)9-20)32-22(35)18-11-30-25(31-12-18)33-13-16-7-19(33)8-17(16)14-34/h5-6,9,11-12,16-17,19,23-24,34H,7-8,13-14H2,1-4H3,(H,32,35)/t16-,17?,19-,23?,24?/m1/s1. The monoisotopic (exact) mass is 509 g/mol. The van der Waals surface area contributed by atoms with E-state index in [1.54, 1.807) is 30.6 Å². The lowest BCUT2D eigenvalue weighted by Gasteiger charge is -2.63. The van der Waals surface area contributed by atoms with E-state index in [1.165, 1.54) is 0 Å². The van der Waals surface area contributed by atoms with Crippen molar-refractivity contribution in [2.24, 2.45) is 22.7 Å². The second kappa shape index (κ2) is 8.89. The lowest BCUT2D eigenvalue weighted by molar-refractivity contribution is -0.164. The zero-order valence-corrected chi connectivity index (χ0v) is 21.8. The first-order valence-corrected chi connectivity index (χ1v) is 12.8. The van der Waals surface area contributed by atoms with Gasteiger partial charge in [-0.05, 0) is 36.8 Å². The van der Waals surface area contributed by atoms with Gasteiger partial charge in [-0.2, -0.15) is 5.26 Å². The molecule has 2 aromatic rings. The smallest absolute Gasteiger partial charge is 0.254 e. The molecule has 1 amide bonds. The van der Waals surface area contributed by atoms with E-state index in [0.29, 0.717) is 45.7 Å². The van der Waals surface area contributed by atoms with Crippen molar-refractivity contribution in [2.75, 3.05) is 18.1 Å². The number of amides is 1. The Labute approximate surface area is 216 Å². The molecule has 0 radical (unpaired) electrons. The first-order chi connectivity index (χ1) is 17.1. The average Bonchev–Trinajstić information content (AvgIpc) is 3.46. The topological polar surface area (TPSA) is 111 Å². The van der Waals surface area contributed by atoms with Crippen molar-refractivity contribution in [1.82, 2.24) is 15.3 Å².